The Hall–Kier alpha value is -2.70. The van der Waals surface area contributed by atoms with Crippen LogP contribution in [0.4, 0.5) is 10.5 Å². The second-order valence-electron chi connectivity index (χ2n) is 6.82. The van der Waals surface area contributed by atoms with Crippen LogP contribution in [0, 0.1) is 6.92 Å². The van der Waals surface area contributed by atoms with Gasteiger partial charge in [-0.15, -0.1) is 0 Å². The van der Waals surface area contributed by atoms with Crippen LogP contribution in [-0.4, -0.2) is 46.1 Å². The summed E-state index contributed by atoms with van der Waals surface area (Å²) in [7, 11) is 0. The smallest absolute Gasteiger partial charge is 0.324 e. The molecule has 7 heteroatoms. The van der Waals surface area contributed by atoms with E-state index in [9.17, 15) is 19.2 Å². The number of hydrogen-bond acceptors (Lipinski definition) is 4. The summed E-state index contributed by atoms with van der Waals surface area (Å²) in [4.78, 5) is 50.3. The number of nitrogens with zero attached hydrogens (tertiary/aromatic N) is 2. The lowest BCUT2D eigenvalue weighted by molar-refractivity contribution is -0.143. The number of amides is 5. The summed E-state index contributed by atoms with van der Waals surface area (Å²) in [6, 6.07) is 4.84. The van der Waals surface area contributed by atoms with E-state index in [1.54, 1.807) is 0 Å². The van der Waals surface area contributed by atoms with E-state index in [4.69, 9.17) is 0 Å². The van der Waals surface area contributed by atoms with Crippen LogP contribution >= 0.6 is 0 Å². The summed E-state index contributed by atoms with van der Waals surface area (Å²) in [6.07, 6.45) is 1.43. The van der Waals surface area contributed by atoms with Gasteiger partial charge in [0.1, 0.15) is 6.54 Å². The van der Waals surface area contributed by atoms with Gasteiger partial charge in [-0.05, 0) is 36.8 Å². The molecule has 2 fully saturated rings. The van der Waals surface area contributed by atoms with Crippen molar-refractivity contribution in [3.8, 4) is 0 Å². The molecule has 7 nitrogen and oxygen atoms in total. The molecule has 5 amide bonds. The van der Waals surface area contributed by atoms with Crippen molar-refractivity contribution in [2.24, 2.45) is 0 Å². The minimum atomic E-state index is -0.930. The molecule has 2 aliphatic rings. The minimum Gasteiger partial charge on any atom is -0.324 e. The summed E-state index contributed by atoms with van der Waals surface area (Å²) in [5, 5.41) is 2.79. The molecule has 1 aromatic carbocycles. The van der Waals surface area contributed by atoms with E-state index in [-0.39, 0.29) is 12.0 Å². The van der Waals surface area contributed by atoms with Crippen LogP contribution in [0.25, 0.3) is 0 Å². The third-order valence-corrected chi connectivity index (χ3v) is 4.49. The molecule has 1 N–H and O–H groups in total. The van der Waals surface area contributed by atoms with Gasteiger partial charge in [0, 0.05) is 11.7 Å². The first-order chi connectivity index (χ1) is 11.8. The highest BCUT2D eigenvalue weighted by molar-refractivity contribution is 6.45. The second kappa shape index (κ2) is 6.31. The van der Waals surface area contributed by atoms with Gasteiger partial charge >= 0.3 is 17.8 Å². The van der Waals surface area contributed by atoms with Crippen LogP contribution in [0.5, 0.6) is 0 Å². The maximum Gasteiger partial charge on any atom is 0.334 e. The van der Waals surface area contributed by atoms with Gasteiger partial charge in [-0.25, -0.2) is 9.69 Å². The molecule has 0 aromatic heterocycles. The van der Waals surface area contributed by atoms with Gasteiger partial charge in [-0.1, -0.05) is 32.0 Å². The first kappa shape index (κ1) is 17.1. The molecular weight excluding hydrogens is 322 g/mol. The second-order valence-corrected chi connectivity index (χ2v) is 6.82. The summed E-state index contributed by atoms with van der Waals surface area (Å²) < 4.78 is 0. The number of urea groups is 1. The summed E-state index contributed by atoms with van der Waals surface area (Å²) >= 11 is 0. The predicted octanol–water partition coefficient (Wildman–Crippen LogP) is 2.01. The van der Waals surface area contributed by atoms with Gasteiger partial charge in [0.15, 0.2) is 0 Å². The molecule has 1 aromatic rings. The molecule has 132 valence electrons. The number of imide groups is 2. The van der Waals surface area contributed by atoms with Gasteiger partial charge in [0.05, 0.1) is 0 Å². The molecule has 0 unspecified atom stereocenters. The van der Waals surface area contributed by atoms with Crippen molar-refractivity contribution in [2.45, 2.75) is 45.6 Å². The lowest BCUT2D eigenvalue weighted by atomic mass is 9.98. The largest absolute Gasteiger partial charge is 0.334 e. The molecular formula is C18H21N3O4. The van der Waals surface area contributed by atoms with Gasteiger partial charge < -0.3 is 5.32 Å². The van der Waals surface area contributed by atoms with Crippen molar-refractivity contribution in [3.63, 3.8) is 0 Å². The topological polar surface area (TPSA) is 86.8 Å². The van der Waals surface area contributed by atoms with Crippen LogP contribution in [0.1, 0.15) is 43.7 Å². The van der Waals surface area contributed by atoms with Crippen molar-refractivity contribution >= 4 is 29.4 Å². The zero-order chi connectivity index (χ0) is 18.3. The Bertz CT molecular complexity index is 768. The number of anilines is 1. The lowest BCUT2D eigenvalue weighted by Crippen LogP contribution is -2.39. The Balaban J connectivity index is 1.74. The number of rotatable bonds is 5. The fourth-order valence-corrected chi connectivity index (χ4v) is 2.98. The van der Waals surface area contributed by atoms with E-state index in [2.05, 4.69) is 5.32 Å². The normalized spacial score (nSPS) is 17.7. The average molecular weight is 343 g/mol. The summed E-state index contributed by atoms with van der Waals surface area (Å²) in [5.41, 5.74) is 2.56. The molecule has 0 radical (unpaired) electrons. The Labute approximate surface area is 146 Å². The van der Waals surface area contributed by atoms with Gasteiger partial charge in [0.25, 0.3) is 0 Å². The van der Waals surface area contributed by atoms with Crippen molar-refractivity contribution < 1.29 is 19.2 Å². The molecule has 1 heterocycles. The van der Waals surface area contributed by atoms with E-state index in [1.807, 2.05) is 39.0 Å². The highest BCUT2D eigenvalue weighted by atomic mass is 16.2. The van der Waals surface area contributed by atoms with Crippen LogP contribution in [0.3, 0.4) is 0 Å². The fraction of sp³-hybridized carbons (Fsp3) is 0.444. The molecule has 1 aliphatic carbocycles. The lowest BCUT2D eigenvalue weighted by Gasteiger charge is -2.18. The first-order valence-corrected chi connectivity index (χ1v) is 8.39. The molecule has 0 spiro atoms. The van der Waals surface area contributed by atoms with Crippen molar-refractivity contribution in [2.75, 3.05) is 11.9 Å². The van der Waals surface area contributed by atoms with Crippen LogP contribution in [0.15, 0.2) is 18.2 Å². The Morgan fingerprint density at radius 1 is 1.20 bits per heavy atom. The number of nitrogens with one attached hydrogen (secondary N) is 1. The highest BCUT2D eigenvalue weighted by Crippen LogP contribution is 2.31. The number of benzene rings is 1. The van der Waals surface area contributed by atoms with Crippen molar-refractivity contribution in [3.05, 3.63) is 29.3 Å². The maximum atomic E-state index is 12.4. The average Bonchev–Trinajstić information content (AvgIpc) is 3.35. The predicted molar refractivity (Wildman–Crippen MR) is 90.9 cm³/mol. The Morgan fingerprint density at radius 3 is 2.48 bits per heavy atom. The molecule has 1 aliphatic heterocycles. The minimum absolute atomic E-state index is 0.194. The number of carbonyl (C=O) groups is 4. The Kier molecular flexibility index (Phi) is 4.32. The molecule has 0 atom stereocenters. The standard InChI is InChI=1S/C18H21N3O4/c1-10(2)13-6-4-5-11(3)15(13)19-14(22)9-20-16(23)17(24)21(18(20)25)12-7-8-12/h4-6,10,12H,7-9H2,1-3H3,(H,19,22). The SMILES string of the molecule is Cc1cccc(C(C)C)c1NC(=O)CN1C(=O)C(=O)N(C2CC2)C1=O. The number of para-hydroxylation sites is 1. The van der Waals surface area contributed by atoms with E-state index in [0.717, 1.165) is 20.9 Å². The molecule has 0 bridgehead atoms. The van der Waals surface area contributed by atoms with E-state index >= 15 is 0 Å². The highest BCUT2D eigenvalue weighted by Gasteiger charge is 2.51. The maximum absolute atomic E-state index is 12.4. The summed E-state index contributed by atoms with van der Waals surface area (Å²) in [5.74, 6) is -2.06. The molecule has 3 rings (SSSR count). The third-order valence-electron chi connectivity index (χ3n) is 4.49. The monoisotopic (exact) mass is 343 g/mol. The zero-order valence-corrected chi connectivity index (χ0v) is 14.5. The van der Waals surface area contributed by atoms with Gasteiger partial charge in [-0.3, -0.25) is 19.3 Å². The number of carbonyl (C=O) groups excluding carboxylic acids is 4. The van der Waals surface area contributed by atoms with Crippen molar-refractivity contribution in [1.82, 2.24) is 9.80 Å². The molecule has 1 saturated heterocycles. The fourth-order valence-electron chi connectivity index (χ4n) is 2.98. The quantitative estimate of drug-likeness (QED) is 0.654. The first-order valence-electron chi connectivity index (χ1n) is 8.39. The number of hydrogen-bond donors (Lipinski definition) is 1. The number of aryl methyl sites for hydroxylation is 1. The summed E-state index contributed by atoms with van der Waals surface area (Å²) in [6.45, 7) is 5.46. The third kappa shape index (κ3) is 3.14. The Morgan fingerprint density at radius 2 is 1.88 bits per heavy atom. The van der Waals surface area contributed by atoms with Crippen molar-refractivity contribution in [1.29, 1.82) is 0 Å². The van der Waals surface area contributed by atoms with E-state index in [0.29, 0.717) is 18.5 Å². The molecule has 1 saturated carbocycles. The van der Waals surface area contributed by atoms with E-state index < -0.39 is 30.3 Å². The zero-order valence-electron chi connectivity index (χ0n) is 14.5. The van der Waals surface area contributed by atoms with Gasteiger partial charge in [0.2, 0.25) is 5.91 Å². The van der Waals surface area contributed by atoms with Crippen LogP contribution < -0.4 is 5.32 Å². The molecule has 25 heavy (non-hydrogen) atoms. The van der Waals surface area contributed by atoms with Crippen LogP contribution in [0.2, 0.25) is 0 Å². The van der Waals surface area contributed by atoms with Gasteiger partial charge in [-0.2, -0.15) is 0 Å². The van der Waals surface area contributed by atoms with E-state index in [1.165, 1.54) is 0 Å². The van der Waals surface area contributed by atoms with Crippen LogP contribution in [-0.2, 0) is 14.4 Å².